The molecule has 19 heavy (non-hydrogen) atoms. The molecule has 1 aliphatic rings. The van der Waals surface area contributed by atoms with Crippen molar-refractivity contribution in [2.75, 3.05) is 27.9 Å². The van der Waals surface area contributed by atoms with E-state index in [1.807, 2.05) is 12.1 Å². The fourth-order valence-electron chi connectivity index (χ4n) is 2.62. The van der Waals surface area contributed by atoms with Gasteiger partial charge >= 0.3 is 0 Å². The Kier molecular flexibility index (Phi) is 4.91. The van der Waals surface area contributed by atoms with E-state index < -0.39 is 0 Å². The first kappa shape index (κ1) is 14.0. The molecule has 1 N–H and O–H groups in total. The third kappa shape index (κ3) is 3.32. The van der Waals surface area contributed by atoms with Gasteiger partial charge < -0.3 is 19.5 Å². The zero-order valence-corrected chi connectivity index (χ0v) is 12.0. The molecule has 0 spiro atoms. The zero-order chi connectivity index (χ0) is 13.7. The third-order valence-electron chi connectivity index (χ3n) is 3.67. The molecule has 4 nitrogen and oxygen atoms in total. The Balaban J connectivity index is 2.11. The number of aryl methyl sites for hydroxylation is 1. The van der Waals surface area contributed by atoms with Crippen LogP contribution in [0.4, 0.5) is 0 Å². The molecular weight excluding hydrogens is 242 g/mol. The van der Waals surface area contributed by atoms with Gasteiger partial charge in [0.2, 0.25) is 5.75 Å². The molecule has 1 aromatic carbocycles. The van der Waals surface area contributed by atoms with Crippen LogP contribution in [0.15, 0.2) is 12.1 Å². The molecule has 1 aliphatic heterocycles. The lowest BCUT2D eigenvalue weighted by Crippen LogP contribution is -2.21. The van der Waals surface area contributed by atoms with Gasteiger partial charge in [0.15, 0.2) is 11.5 Å². The van der Waals surface area contributed by atoms with Crippen molar-refractivity contribution in [2.24, 2.45) is 0 Å². The van der Waals surface area contributed by atoms with Crippen molar-refractivity contribution >= 4 is 0 Å². The molecule has 106 valence electrons. The summed E-state index contributed by atoms with van der Waals surface area (Å²) < 4.78 is 16.1. The smallest absolute Gasteiger partial charge is 0.203 e. The third-order valence-corrected chi connectivity index (χ3v) is 3.67. The average molecular weight is 265 g/mol. The molecule has 1 atom stereocenters. The van der Waals surface area contributed by atoms with Crippen LogP contribution in [0, 0.1) is 0 Å². The van der Waals surface area contributed by atoms with Gasteiger partial charge in [-0.1, -0.05) is 0 Å². The first-order chi connectivity index (χ1) is 9.28. The summed E-state index contributed by atoms with van der Waals surface area (Å²) in [6, 6.07) is 4.73. The number of nitrogens with one attached hydrogen (secondary N) is 1. The summed E-state index contributed by atoms with van der Waals surface area (Å²) in [5, 5.41) is 3.52. The predicted octanol–water partition coefficient (Wildman–Crippen LogP) is 2.40. The van der Waals surface area contributed by atoms with Gasteiger partial charge in [0.05, 0.1) is 21.3 Å². The van der Waals surface area contributed by atoms with E-state index in [-0.39, 0.29) is 0 Å². The van der Waals surface area contributed by atoms with Crippen molar-refractivity contribution in [2.45, 2.75) is 31.7 Å². The summed E-state index contributed by atoms with van der Waals surface area (Å²) in [4.78, 5) is 0. The molecule has 1 saturated heterocycles. The average Bonchev–Trinajstić information content (AvgIpc) is 2.97. The Morgan fingerprint density at radius 3 is 2.26 bits per heavy atom. The van der Waals surface area contributed by atoms with Crippen molar-refractivity contribution in [1.82, 2.24) is 5.32 Å². The largest absolute Gasteiger partial charge is 0.493 e. The molecular formula is C15H23NO3. The van der Waals surface area contributed by atoms with Crippen LogP contribution in [-0.4, -0.2) is 33.9 Å². The molecule has 1 aromatic rings. The monoisotopic (exact) mass is 265 g/mol. The Morgan fingerprint density at radius 1 is 1.11 bits per heavy atom. The van der Waals surface area contributed by atoms with E-state index in [9.17, 15) is 0 Å². The van der Waals surface area contributed by atoms with Crippen molar-refractivity contribution in [3.8, 4) is 17.2 Å². The highest BCUT2D eigenvalue weighted by Crippen LogP contribution is 2.38. The summed E-state index contributed by atoms with van der Waals surface area (Å²) in [6.45, 7) is 1.15. The molecule has 0 aliphatic carbocycles. The van der Waals surface area contributed by atoms with Gasteiger partial charge in [0.1, 0.15) is 0 Å². The van der Waals surface area contributed by atoms with E-state index >= 15 is 0 Å². The van der Waals surface area contributed by atoms with Crippen LogP contribution in [0.5, 0.6) is 17.2 Å². The van der Waals surface area contributed by atoms with Gasteiger partial charge in [-0.2, -0.15) is 0 Å². The molecule has 1 unspecified atom stereocenters. The first-order valence-electron chi connectivity index (χ1n) is 6.80. The minimum absolute atomic E-state index is 0.652. The fraction of sp³-hybridized carbons (Fsp3) is 0.600. The minimum atomic E-state index is 0.652. The van der Waals surface area contributed by atoms with E-state index in [0.29, 0.717) is 11.8 Å². The van der Waals surface area contributed by atoms with Crippen LogP contribution in [0.3, 0.4) is 0 Å². The standard InChI is InChI=1S/C15H23NO3/c1-17-13-9-11(6-7-12-5-4-8-16-12)10-14(18-2)15(13)19-3/h9-10,12,16H,4-8H2,1-3H3. The number of hydrogen-bond acceptors (Lipinski definition) is 4. The highest BCUT2D eigenvalue weighted by Gasteiger charge is 2.16. The fourth-order valence-corrected chi connectivity index (χ4v) is 2.62. The summed E-state index contributed by atoms with van der Waals surface area (Å²) >= 11 is 0. The number of hydrogen-bond donors (Lipinski definition) is 1. The van der Waals surface area contributed by atoms with E-state index in [1.54, 1.807) is 21.3 Å². The molecule has 0 saturated carbocycles. The quantitative estimate of drug-likeness (QED) is 0.857. The summed E-state index contributed by atoms with van der Waals surface area (Å²) in [7, 11) is 4.93. The van der Waals surface area contributed by atoms with Crippen molar-refractivity contribution in [3.63, 3.8) is 0 Å². The Bertz CT molecular complexity index is 389. The lowest BCUT2D eigenvalue weighted by molar-refractivity contribution is 0.323. The van der Waals surface area contributed by atoms with Gasteiger partial charge in [0, 0.05) is 6.04 Å². The van der Waals surface area contributed by atoms with E-state index in [0.717, 1.165) is 30.9 Å². The van der Waals surface area contributed by atoms with E-state index in [2.05, 4.69) is 5.32 Å². The van der Waals surface area contributed by atoms with Crippen LogP contribution in [-0.2, 0) is 6.42 Å². The maximum Gasteiger partial charge on any atom is 0.203 e. The van der Waals surface area contributed by atoms with E-state index in [1.165, 1.54) is 18.4 Å². The zero-order valence-electron chi connectivity index (χ0n) is 12.0. The van der Waals surface area contributed by atoms with Crippen LogP contribution in [0.1, 0.15) is 24.8 Å². The molecule has 0 amide bonds. The van der Waals surface area contributed by atoms with Crippen molar-refractivity contribution in [3.05, 3.63) is 17.7 Å². The molecule has 0 aromatic heterocycles. The van der Waals surface area contributed by atoms with E-state index in [4.69, 9.17) is 14.2 Å². The Hall–Kier alpha value is -1.42. The minimum Gasteiger partial charge on any atom is -0.493 e. The molecule has 2 rings (SSSR count). The SMILES string of the molecule is COc1cc(CCC2CCCN2)cc(OC)c1OC. The number of ether oxygens (including phenoxy) is 3. The maximum atomic E-state index is 5.37. The molecule has 4 heteroatoms. The summed E-state index contributed by atoms with van der Waals surface area (Å²) in [5.74, 6) is 2.13. The van der Waals surface area contributed by atoms with Gasteiger partial charge in [-0.15, -0.1) is 0 Å². The van der Waals surface area contributed by atoms with Crippen LogP contribution in [0.25, 0.3) is 0 Å². The number of methoxy groups -OCH3 is 3. The summed E-state index contributed by atoms with van der Waals surface area (Å²) in [5.41, 5.74) is 1.23. The van der Waals surface area contributed by atoms with Crippen LogP contribution in [0.2, 0.25) is 0 Å². The van der Waals surface area contributed by atoms with Gasteiger partial charge in [-0.25, -0.2) is 0 Å². The van der Waals surface area contributed by atoms with Crippen LogP contribution < -0.4 is 19.5 Å². The molecule has 0 bridgehead atoms. The molecule has 1 heterocycles. The number of rotatable bonds is 6. The predicted molar refractivity (Wildman–Crippen MR) is 75.4 cm³/mol. The number of benzene rings is 1. The highest BCUT2D eigenvalue weighted by atomic mass is 16.5. The van der Waals surface area contributed by atoms with Crippen LogP contribution >= 0.6 is 0 Å². The summed E-state index contributed by atoms with van der Waals surface area (Å²) in [6.07, 6.45) is 4.75. The Labute approximate surface area is 115 Å². The second-order valence-corrected chi connectivity index (χ2v) is 4.87. The maximum absolute atomic E-state index is 5.37. The lowest BCUT2D eigenvalue weighted by atomic mass is 10.0. The van der Waals surface area contributed by atoms with Gasteiger partial charge in [0.25, 0.3) is 0 Å². The lowest BCUT2D eigenvalue weighted by Gasteiger charge is -2.15. The van der Waals surface area contributed by atoms with Crippen molar-refractivity contribution in [1.29, 1.82) is 0 Å². The first-order valence-corrected chi connectivity index (χ1v) is 6.80. The highest BCUT2D eigenvalue weighted by molar-refractivity contribution is 5.53. The second kappa shape index (κ2) is 6.66. The van der Waals surface area contributed by atoms with Gasteiger partial charge in [-0.3, -0.25) is 0 Å². The second-order valence-electron chi connectivity index (χ2n) is 4.87. The Morgan fingerprint density at radius 2 is 1.79 bits per heavy atom. The topological polar surface area (TPSA) is 39.7 Å². The molecule has 0 radical (unpaired) electrons. The molecule has 1 fully saturated rings. The van der Waals surface area contributed by atoms with Gasteiger partial charge in [-0.05, 0) is 49.9 Å². The van der Waals surface area contributed by atoms with Crippen molar-refractivity contribution < 1.29 is 14.2 Å². The normalized spacial score (nSPS) is 18.4.